The number of hydrogen-bond donors (Lipinski definition) is 1. The zero-order valence-corrected chi connectivity index (χ0v) is 20.8. The van der Waals surface area contributed by atoms with Gasteiger partial charge in [-0.3, -0.25) is 19.7 Å². The molecule has 6 rings (SSSR count). The maximum atomic E-state index is 14.0. The van der Waals surface area contributed by atoms with Gasteiger partial charge in [-0.15, -0.1) is 0 Å². The lowest BCUT2D eigenvalue weighted by Crippen LogP contribution is -2.42. The minimum atomic E-state index is -0.946. The van der Waals surface area contributed by atoms with E-state index in [0.29, 0.717) is 17.9 Å². The maximum absolute atomic E-state index is 14.0. The number of benzene rings is 1. The average Bonchev–Trinajstić information content (AvgIpc) is 3.58. The summed E-state index contributed by atoms with van der Waals surface area (Å²) in [5.74, 6) is -1.96. The Bertz CT molecular complexity index is 1320. The van der Waals surface area contributed by atoms with E-state index in [4.69, 9.17) is 4.74 Å². The predicted molar refractivity (Wildman–Crippen MR) is 133 cm³/mol. The Kier molecular flexibility index (Phi) is 6.04. The van der Waals surface area contributed by atoms with Crippen molar-refractivity contribution in [3.05, 3.63) is 94.6 Å². The van der Waals surface area contributed by atoms with Gasteiger partial charge in [0.2, 0.25) is 5.91 Å². The number of pyridine rings is 2. The van der Waals surface area contributed by atoms with Crippen LogP contribution in [0.5, 0.6) is 0 Å². The van der Waals surface area contributed by atoms with Crippen LogP contribution in [0.1, 0.15) is 66.6 Å². The lowest BCUT2D eigenvalue weighted by molar-refractivity contribution is -0.126. The van der Waals surface area contributed by atoms with Gasteiger partial charge in [-0.2, -0.15) is 0 Å². The van der Waals surface area contributed by atoms with Crippen molar-refractivity contribution >= 4 is 5.91 Å². The fourth-order valence-electron chi connectivity index (χ4n) is 5.44. The van der Waals surface area contributed by atoms with Crippen molar-refractivity contribution in [3.8, 4) is 0 Å². The van der Waals surface area contributed by atoms with Gasteiger partial charge < -0.3 is 10.1 Å². The number of nitrogens with one attached hydrogen (secondary N) is 1. The molecule has 1 aromatic carbocycles. The van der Waals surface area contributed by atoms with E-state index in [1.165, 1.54) is 17.2 Å². The first-order valence-electron chi connectivity index (χ1n) is 12.9. The van der Waals surface area contributed by atoms with Gasteiger partial charge in [0.1, 0.15) is 0 Å². The van der Waals surface area contributed by atoms with Crippen LogP contribution in [-0.2, 0) is 28.3 Å². The predicted octanol–water partition coefficient (Wildman–Crippen LogP) is 4.78. The summed E-state index contributed by atoms with van der Waals surface area (Å²) in [5.41, 5.74) is 3.95. The zero-order valence-electron chi connectivity index (χ0n) is 20.8. The first-order valence-corrected chi connectivity index (χ1v) is 12.9. The van der Waals surface area contributed by atoms with E-state index in [9.17, 15) is 13.6 Å². The number of likely N-dealkylation sites (tertiary alicyclic amines) is 1. The van der Waals surface area contributed by atoms with E-state index in [0.717, 1.165) is 63.0 Å². The highest BCUT2D eigenvalue weighted by Crippen LogP contribution is 2.46. The highest BCUT2D eigenvalue weighted by molar-refractivity contribution is 5.85. The number of amides is 1. The summed E-state index contributed by atoms with van der Waals surface area (Å²) >= 11 is 0. The molecule has 192 valence electrons. The van der Waals surface area contributed by atoms with Crippen molar-refractivity contribution < 1.29 is 18.3 Å². The summed E-state index contributed by atoms with van der Waals surface area (Å²) in [7, 11) is 0. The van der Waals surface area contributed by atoms with Gasteiger partial charge in [0.15, 0.2) is 11.6 Å². The van der Waals surface area contributed by atoms with Crippen LogP contribution in [0.25, 0.3) is 0 Å². The standard InChI is InChI=1S/C29H30F2N4O2/c1-28(7-8-28)27(36)34-26(20-3-4-23(30)24(31)14-20)25-5-2-19(15-33-25)17-35-12-9-29(10-13-35)22-16-32-11-6-21(22)18-37-29/h2-6,11,14-16,26H,7-10,12-13,17-18H2,1H3,(H,34,36)/t26-/m0/s1. The molecular formula is C29H30F2N4O2. The molecule has 4 heterocycles. The Morgan fingerprint density at radius 2 is 1.89 bits per heavy atom. The smallest absolute Gasteiger partial charge is 0.226 e. The third kappa shape index (κ3) is 4.64. The minimum Gasteiger partial charge on any atom is -0.365 e. The number of nitrogens with zero attached hydrogens (tertiary/aromatic N) is 3. The molecule has 1 N–H and O–H groups in total. The van der Waals surface area contributed by atoms with Crippen molar-refractivity contribution in [2.75, 3.05) is 13.1 Å². The number of carbonyl (C=O) groups is 1. The van der Waals surface area contributed by atoms with Gasteiger partial charge in [0.05, 0.1) is 23.9 Å². The Balaban J connectivity index is 1.15. The monoisotopic (exact) mass is 504 g/mol. The van der Waals surface area contributed by atoms with E-state index < -0.39 is 23.1 Å². The molecular weight excluding hydrogens is 474 g/mol. The second-order valence-electron chi connectivity index (χ2n) is 10.8. The SMILES string of the molecule is CC1(C(=O)N[C@@H](c2ccc(F)c(F)c2)c2ccc(CN3CCC4(CC3)OCc3ccncc34)cn2)CC1. The third-order valence-electron chi connectivity index (χ3n) is 8.22. The molecule has 2 fully saturated rings. The molecule has 37 heavy (non-hydrogen) atoms. The molecule has 1 saturated heterocycles. The number of piperidine rings is 1. The van der Waals surface area contributed by atoms with Gasteiger partial charge in [-0.05, 0) is 66.6 Å². The molecule has 1 amide bonds. The molecule has 0 unspecified atom stereocenters. The number of rotatable bonds is 6. The fourth-order valence-corrected chi connectivity index (χ4v) is 5.44. The second kappa shape index (κ2) is 9.26. The fraction of sp³-hybridized carbons (Fsp3) is 0.414. The summed E-state index contributed by atoms with van der Waals surface area (Å²) in [4.78, 5) is 24.2. The van der Waals surface area contributed by atoms with E-state index in [1.54, 1.807) is 0 Å². The van der Waals surface area contributed by atoms with Gasteiger partial charge in [-0.1, -0.05) is 19.1 Å². The number of hydrogen-bond acceptors (Lipinski definition) is 5. The first kappa shape index (κ1) is 24.1. The van der Waals surface area contributed by atoms with Crippen LogP contribution in [0.2, 0.25) is 0 Å². The van der Waals surface area contributed by atoms with Crippen molar-refractivity contribution in [2.24, 2.45) is 5.41 Å². The average molecular weight is 505 g/mol. The second-order valence-corrected chi connectivity index (χ2v) is 10.8. The van der Waals surface area contributed by atoms with E-state index in [-0.39, 0.29) is 11.5 Å². The van der Waals surface area contributed by atoms with Crippen LogP contribution in [0, 0.1) is 17.0 Å². The largest absolute Gasteiger partial charge is 0.365 e. The molecule has 3 aliphatic rings. The highest BCUT2D eigenvalue weighted by Gasteiger charge is 2.46. The summed E-state index contributed by atoms with van der Waals surface area (Å²) in [6.07, 6.45) is 9.05. The van der Waals surface area contributed by atoms with Crippen molar-refractivity contribution in [1.29, 1.82) is 0 Å². The van der Waals surface area contributed by atoms with Crippen LogP contribution in [0.3, 0.4) is 0 Å². The molecule has 1 aliphatic carbocycles. The van der Waals surface area contributed by atoms with Crippen LogP contribution in [0.4, 0.5) is 8.78 Å². The molecule has 8 heteroatoms. The molecule has 2 aromatic heterocycles. The molecule has 2 aliphatic heterocycles. The van der Waals surface area contributed by atoms with Crippen LogP contribution < -0.4 is 5.32 Å². The van der Waals surface area contributed by atoms with Gasteiger partial charge >= 0.3 is 0 Å². The molecule has 3 aromatic rings. The van der Waals surface area contributed by atoms with Crippen molar-refractivity contribution in [2.45, 2.75) is 57.4 Å². The van der Waals surface area contributed by atoms with E-state index >= 15 is 0 Å². The van der Waals surface area contributed by atoms with E-state index in [1.807, 2.05) is 43.7 Å². The number of carbonyl (C=O) groups excluding carboxylic acids is 1. The van der Waals surface area contributed by atoms with E-state index in [2.05, 4.69) is 20.2 Å². The number of ether oxygens (including phenoxy) is 1. The highest BCUT2D eigenvalue weighted by atomic mass is 19.2. The minimum absolute atomic E-state index is 0.0961. The zero-order chi connectivity index (χ0) is 25.6. The normalized spacial score (nSPS) is 20.4. The Morgan fingerprint density at radius 3 is 2.59 bits per heavy atom. The number of fused-ring (bicyclic) bond motifs is 2. The Labute approximate surface area is 215 Å². The number of halogens is 2. The lowest BCUT2D eigenvalue weighted by Gasteiger charge is -2.39. The van der Waals surface area contributed by atoms with Crippen LogP contribution in [-0.4, -0.2) is 33.9 Å². The quantitative estimate of drug-likeness (QED) is 0.523. The summed E-state index contributed by atoms with van der Waals surface area (Å²) in [5, 5.41) is 3.02. The molecule has 6 nitrogen and oxygen atoms in total. The van der Waals surface area contributed by atoms with Crippen LogP contribution >= 0.6 is 0 Å². The van der Waals surface area contributed by atoms with Gasteiger partial charge in [0, 0.05) is 49.2 Å². The number of aromatic nitrogens is 2. The molecule has 1 spiro atoms. The van der Waals surface area contributed by atoms with Crippen molar-refractivity contribution in [1.82, 2.24) is 20.2 Å². The molecule has 0 radical (unpaired) electrons. The molecule has 1 atom stereocenters. The Morgan fingerprint density at radius 1 is 1.08 bits per heavy atom. The third-order valence-corrected chi connectivity index (χ3v) is 8.22. The maximum Gasteiger partial charge on any atom is 0.226 e. The first-order chi connectivity index (χ1) is 17.9. The molecule has 0 bridgehead atoms. The summed E-state index contributed by atoms with van der Waals surface area (Å²) < 4.78 is 33.9. The van der Waals surface area contributed by atoms with Crippen molar-refractivity contribution in [3.63, 3.8) is 0 Å². The lowest BCUT2D eigenvalue weighted by atomic mass is 9.84. The summed E-state index contributed by atoms with van der Waals surface area (Å²) in [6, 6.07) is 8.97. The van der Waals surface area contributed by atoms with Crippen LogP contribution in [0.15, 0.2) is 55.0 Å². The molecule has 1 saturated carbocycles. The Hall–Kier alpha value is -3.23. The van der Waals surface area contributed by atoms with Gasteiger partial charge in [0.25, 0.3) is 0 Å². The summed E-state index contributed by atoms with van der Waals surface area (Å²) in [6.45, 7) is 5.13. The topological polar surface area (TPSA) is 67.4 Å². The van der Waals surface area contributed by atoms with Gasteiger partial charge in [-0.25, -0.2) is 8.78 Å².